The van der Waals surface area contributed by atoms with Crippen LogP contribution < -0.4 is 5.32 Å². The molecule has 1 aliphatic heterocycles. The van der Waals surface area contributed by atoms with Crippen LogP contribution in [0.5, 0.6) is 0 Å². The van der Waals surface area contributed by atoms with Crippen LogP contribution in [-0.4, -0.2) is 36.1 Å². The summed E-state index contributed by atoms with van der Waals surface area (Å²) in [5.41, 5.74) is 0.533. The van der Waals surface area contributed by atoms with Gasteiger partial charge in [0.15, 0.2) is 0 Å². The molecule has 1 spiro atoms. The zero-order valence-corrected chi connectivity index (χ0v) is 13.9. The molecule has 4 unspecified atom stereocenters. The Morgan fingerprint density at radius 1 is 1.10 bits per heavy atom. The molecule has 4 atom stereocenters. The van der Waals surface area contributed by atoms with Gasteiger partial charge in [-0.25, -0.2) is 0 Å². The monoisotopic (exact) mass is 290 g/mol. The highest BCUT2D eigenvalue weighted by Crippen LogP contribution is 2.49. The molecule has 2 heteroatoms. The highest BCUT2D eigenvalue weighted by atomic mass is 15.3. The van der Waals surface area contributed by atoms with Gasteiger partial charge in [-0.1, -0.05) is 32.6 Å². The van der Waals surface area contributed by atoms with Crippen LogP contribution in [-0.2, 0) is 0 Å². The van der Waals surface area contributed by atoms with Crippen molar-refractivity contribution in [1.29, 1.82) is 0 Å². The molecule has 0 aromatic carbocycles. The van der Waals surface area contributed by atoms with Gasteiger partial charge >= 0.3 is 0 Å². The van der Waals surface area contributed by atoms with Crippen molar-refractivity contribution in [3.8, 4) is 0 Å². The van der Waals surface area contributed by atoms with Crippen molar-refractivity contribution in [2.45, 2.75) is 82.7 Å². The van der Waals surface area contributed by atoms with E-state index in [2.05, 4.69) is 17.1 Å². The van der Waals surface area contributed by atoms with E-state index in [1.807, 2.05) is 0 Å². The summed E-state index contributed by atoms with van der Waals surface area (Å²) >= 11 is 0. The average Bonchev–Trinajstić information content (AvgIpc) is 3.13. The maximum Gasteiger partial charge on any atom is 0.0334 e. The molecule has 0 radical (unpaired) electrons. The molecule has 4 aliphatic rings. The lowest BCUT2D eigenvalue weighted by Gasteiger charge is -2.53. The molecule has 4 fully saturated rings. The maximum absolute atomic E-state index is 3.88. The first-order valence-corrected chi connectivity index (χ1v) is 9.77. The molecule has 3 saturated carbocycles. The summed E-state index contributed by atoms with van der Waals surface area (Å²) in [7, 11) is 0. The van der Waals surface area contributed by atoms with Gasteiger partial charge in [0.1, 0.15) is 0 Å². The van der Waals surface area contributed by atoms with Gasteiger partial charge in [-0.2, -0.15) is 0 Å². The highest BCUT2D eigenvalue weighted by molar-refractivity contribution is 5.02. The molecule has 3 aliphatic carbocycles. The van der Waals surface area contributed by atoms with Crippen molar-refractivity contribution in [2.24, 2.45) is 17.8 Å². The molecule has 2 nitrogen and oxygen atoms in total. The fourth-order valence-electron chi connectivity index (χ4n) is 6.10. The number of nitrogens with zero attached hydrogens (tertiary/aromatic N) is 1. The van der Waals surface area contributed by atoms with Crippen molar-refractivity contribution in [1.82, 2.24) is 10.2 Å². The molecule has 0 amide bonds. The molecule has 21 heavy (non-hydrogen) atoms. The fourth-order valence-corrected chi connectivity index (χ4v) is 6.10. The van der Waals surface area contributed by atoms with Crippen LogP contribution in [0.1, 0.15) is 71.1 Å². The number of rotatable bonds is 3. The summed E-state index contributed by atoms with van der Waals surface area (Å²) in [6, 6.07) is 0.746. The lowest BCUT2D eigenvalue weighted by Crippen LogP contribution is -2.65. The second-order valence-electron chi connectivity index (χ2n) is 8.61. The van der Waals surface area contributed by atoms with E-state index in [4.69, 9.17) is 0 Å². The van der Waals surface area contributed by atoms with E-state index in [-0.39, 0.29) is 0 Å². The zero-order valence-electron chi connectivity index (χ0n) is 13.9. The van der Waals surface area contributed by atoms with Crippen molar-refractivity contribution in [3.05, 3.63) is 0 Å². The molecule has 0 aromatic heterocycles. The molecular weight excluding hydrogens is 256 g/mol. The van der Waals surface area contributed by atoms with Crippen LogP contribution >= 0.6 is 0 Å². The second-order valence-corrected chi connectivity index (χ2v) is 8.61. The summed E-state index contributed by atoms with van der Waals surface area (Å²) in [5.74, 6) is 3.23. The van der Waals surface area contributed by atoms with Gasteiger partial charge < -0.3 is 5.32 Å². The lowest BCUT2D eigenvalue weighted by molar-refractivity contribution is -0.00770. The van der Waals surface area contributed by atoms with Crippen LogP contribution in [0.3, 0.4) is 0 Å². The first kappa shape index (κ1) is 14.5. The Morgan fingerprint density at radius 3 is 2.62 bits per heavy atom. The molecule has 1 N–H and O–H groups in total. The Bertz CT molecular complexity index is 361. The third-order valence-corrected chi connectivity index (χ3v) is 7.45. The molecule has 2 bridgehead atoms. The van der Waals surface area contributed by atoms with Crippen molar-refractivity contribution in [3.63, 3.8) is 0 Å². The van der Waals surface area contributed by atoms with Gasteiger partial charge in [0.25, 0.3) is 0 Å². The van der Waals surface area contributed by atoms with E-state index in [9.17, 15) is 0 Å². The van der Waals surface area contributed by atoms with E-state index in [0.717, 1.165) is 23.8 Å². The molecular formula is C19H34N2. The quantitative estimate of drug-likeness (QED) is 0.850. The van der Waals surface area contributed by atoms with Gasteiger partial charge in [0, 0.05) is 31.2 Å². The first-order chi connectivity index (χ1) is 10.3. The van der Waals surface area contributed by atoms with E-state index in [1.54, 1.807) is 25.7 Å². The number of nitrogens with one attached hydrogen (secondary N) is 1. The summed E-state index contributed by atoms with van der Waals surface area (Å²) in [6.45, 7) is 6.38. The smallest absolute Gasteiger partial charge is 0.0334 e. The van der Waals surface area contributed by atoms with E-state index < -0.39 is 0 Å². The summed E-state index contributed by atoms with van der Waals surface area (Å²) in [5, 5.41) is 3.88. The summed E-state index contributed by atoms with van der Waals surface area (Å²) < 4.78 is 0. The normalized spacial score (nSPS) is 42.7. The number of fused-ring (bicyclic) bond motifs is 2. The Hall–Kier alpha value is -0.0800. The van der Waals surface area contributed by atoms with E-state index >= 15 is 0 Å². The standard InChI is InChI=1S/C19H34N2/c1-2-18-13-21(12-17-11-15-6-7-16(17)10-15)19(14-20-18)8-4-3-5-9-19/h15-18,20H,2-14H2,1H3. The van der Waals surface area contributed by atoms with Crippen LogP contribution in [0, 0.1) is 17.8 Å². The van der Waals surface area contributed by atoms with Crippen LogP contribution in [0.15, 0.2) is 0 Å². The minimum atomic E-state index is 0.533. The predicted octanol–water partition coefficient (Wildman–Crippen LogP) is 3.81. The third-order valence-electron chi connectivity index (χ3n) is 7.45. The molecule has 120 valence electrons. The maximum atomic E-state index is 3.88. The van der Waals surface area contributed by atoms with E-state index in [0.29, 0.717) is 5.54 Å². The highest BCUT2D eigenvalue weighted by Gasteiger charge is 2.46. The second kappa shape index (κ2) is 5.85. The van der Waals surface area contributed by atoms with Gasteiger partial charge in [0.2, 0.25) is 0 Å². The Labute approximate surface area is 131 Å². The Kier molecular flexibility index (Phi) is 4.04. The first-order valence-electron chi connectivity index (χ1n) is 9.77. The number of hydrogen-bond donors (Lipinski definition) is 1. The predicted molar refractivity (Wildman–Crippen MR) is 88.4 cm³/mol. The molecule has 1 heterocycles. The number of piperazine rings is 1. The summed E-state index contributed by atoms with van der Waals surface area (Å²) in [6.07, 6.45) is 14.8. The SMILES string of the molecule is CCC1CN(CC2CC3CCC2C3)C2(CCCCC2)CN1. The fraction of sp³-hybridized carbons (Fsp3) is 1.00. The van der Waals surface area contributed by atoms with Crippen molar-refractivity contribution >= 4 is 0 Å². The minimum Gasteiger partial charge on any atom is -0.311 e. The van der Waals surface area contributed by atoms with Crippen molar-refractivity contribution in [2.75, 3.05) is 19.6 Å². The van der Waals surface area contributed by atoms with Gasteiger partial charge in [-0.05, 0) is 56.3 Å². The molecule has 4 rings (SSSR count). The van der Waals surface area contributed by atoms with Crippen LogP contribution in [0.25, 0.3) is 0 Å². The molecule has 0 aromatic rings. The number of hydrogen-bond acceptors (Lipinski definition) is 2. The Morgan fingerprint density at radius 2 is 1.95 bits per heavy atom. The van der Waals surface area contributed by atoms with Crippen LogP contribution in [0.4, 0.5) is 0 Å². The third kappa shape index (κ3) is 2.67. The zero-order chi connectivity index (χ0) is 14.3. The topological polar surface area (TPSA) is 15.3 Å². The average molecular weight is 290 g/mol. The summed E-state index contributed by atoms with van der Waals surface area (Å²) in [4.78, 5) is 2.99. The molecule has 1 saturated heterocycles. The lowest BCUT2D eigenvalue weighted by atomic mass is 9.77. The largest absolute Gasteiger partial charge is 0.311 e. The van der Waals surface area contributed by atoms with Crippen LogP contribution in [0.2, 0.25) is 0 Å². The van der Waals surface area contributed by atoms with Gasteiger partial charge in [0.05, 0.1) is 0 Å². The van der Waals surface area contributed by atoms with Crippen molar-refractivity contribution < 1.29 is 0 Å². The van der Waals surface area contributed by atoms with Gasteiger partial charge in [-0.3, -0.25) is 4.90 Å². The van der Waals surface area contributed by atoms with Gasteiger partial charge in [-0.15, -0.1) is 0 Å². The van der Waals surface area contributed by atoms with E-state index in [1.165, 1.54) is 58.2 Å². The Balaban J connectivity index is 1.47. The minimum absolute atomic E-state index is 0.533.